The molecule has 0 amide bonds. The summed E-state index contributed by atoms with van der Waals surface area (Å²) in [6.45, 7) is 5.23. The molecule has 0 saturated carbocycles. The van der Waals surface area contributed by atoms with Crippen molar-refractivity contribution in [2.45, 2.75) is 45.7 Å². The molecule has 0 aromatic carbocycles. The number of unbranched alkanes of at least 4 members (excludes halogenated alkanes) is 2. The van der Waals surface area contributed by atoms with Crippen molar-refractivity contribution >= 4 is 11.8 Å². The summed E-state index contributed by atoms with van der Waals surface area (Å²) in [5.41, 5.74) is -0.909. The largest absolute Gasteiger partial charge is 0.433 e. The first-order valence-corrected chi connectivity index (χ1v) is 7.29. The summed E-state index contributed by atoms with van der Waals surface area (Å²) in [7, 11) is 1.75. The molecule has 1 aromatic rings. The van der Waals surface area contributed by atoms with Crippen molar-refractivity contribution < 1.29 is 13.2 Å². The number of rotatable bonds is 8. The third-order valence-corrected chi connectivity index (χ3v) is 3.02. The molecular weight excluding hydrogens is 281 g/mol. The third-order valence-electron chi connectivity index (χ3n) is 3.02. The van der Waals surface area contributed by atoms with Gasteiger partial charge >= 0.3 is 6.18 Å². The maximum atomic E-state index is 12.9. The summed E-state index contributed by atoms with van der Waals surface area (Å²) < 4.78 is 38.7. The molecule has 4 nitrogen and oxygen atoms in total. The molecule has 0 fully saturated rings. The molecule has 1 heterocycles. The van der Waals surface area contributed by atoms with Gasteiger partial charge in [0.2, 0.25) is 5.95 Å². The summed E-state index contributed by atoms with van der Waals surface area (Å²) in [5, 5.41) is 2.82. The van der Waals surface area contributed by atoms with Crippen LogP contribution in [-0.4, -0.2) is 30.1 Å². The number of aromatic nitrogens is 2. The zero-order valence-electron chi connectivity index (χ0n) is 12.8. The lowest BCUT2D eigenvalue weighted by atomic mass is 10.2. The van der Waals surface area contributed by atoms with E-state index >= 15 is 0 Å². The molecule has 7 heteroatoms. The predicted octanol–water partition coefficient (Wildman–Crippen LogP) is 3.94. The van der Waals surface area contributed by atoms with Crippen molar-refractivity contribution in [3.05, 3.63) is 11.8 Å². The summed E-state index contributed by atoms with van der Waals surface area (Å²) in [4.78, 5) is 9.45. The summed E-state index contributed by atoms with van der Waals surface area (Å²) >= 11 is 0. The van der Waals surface area contributed by atoms with Crippen molar-refractivity contribution in [3.8, 4) is 0 Å². The van der Waals surface area contributed by atoms with Gasteiger partial charge in [0.25, 0.3) is 0 Å². The lowest BCUT2D eigenvalue weighted by molar-refractivity contribution is -0.141. The van der Waals surface area contributed by atoms with Crippen LogP contribution in [0.1, 0.15) is 45.2 Å². The predicted molar refractivity (Wildman–Crippen MR) is 78.6 cm³/mol. The molecular formula is C14H23F3N4. The van der Waals surface area contributed by atoms with Gasteiger partial charge in [-0.05, 0) is 12.8 Å². The zero-order chi connectivity index (χ0) is 15.9. The monoisotopic (exact) mass is 304 g/mol. The third kappa shape index (κ3) is 5.77. The van der Waals surface area contributed by atoms with E-state index in [2.05, 4.69) is 22.2 Å². The normalized spacial score (nSPS) is 11.5. The molecule has 1 aromatic heterocycles. The van der Waals surface area contributed by atoms with E-state index in [-0.39, 0.29) is 5.95 Å². The number of hydrogen-bond donors (Lipinski definition) is 1. The van der Waals surface area contributed by atoms with Gasteiger partial charge in [0.05, 0.1) is 0 Å². The Kier molecular flexibility index (Phi) is 6.71. The Balaban J connectivity index is 2.95. The second-order valence-electron chi connectivity index (χ2n) is 4.99. The quantitative estimate of drug-likeness (QED) is 0.739. The number of anilines is 2. The molecule has 1 N–H and O–H groups in total. The number of hydrogen-bond acceptors (Lipinski definition) is 4. The fraction of sp³-hybridized carbons (Fsp3) is 0.714. The lowest BCUT2D eigenvalue weighted by Crippen LogP contribution is -2.22. The summed E-state index contributed by atoms with van der Waals surface area (Å²) in [5.74, 6) is 0.330. The van der Waals surface area contributed by atoms with Gasteiger partial charge in [0, 0.05) is 26.2 Å². The average Bonchev–Trinajstić information content (AvgIpc) is 2.44. The number of nitrogens with one attached hydrogen (secondary N) is 1. The molecule has 1 rings (SSSR count). The first-order valence-electron chi connectivity index (χ1n) is 7.29. The SMILES string of the molecule is CCCCCN(C)c1cc(C(F)(F)F)nc(NCCC)n1. The lowest BCUT2D eigenvalue weighted by Gasteiger charge is -2.20. The highest BCUT2D eigenvalue weighted by molar-refractivity contribution is 5.44. The second-order valence-corrected chi connectivity index (χ2v) is 4.99. The van der Waals surface area contributed by atoms with Crippen LogP contribution in [0.3, 0.4) is 0 Å². The molecule has 0 aliphatic heterocycles. The van der Waals surface area contributed by atoms with Crippen molar-refractivity contribution in [2.75, 3.05) is 30.4 Å². The van der Waals surface area contributed by atoms with Crippen molar-refractivity contribution in [2.24, 2.45) is 0 Å². The van der Waals surface area contributed by atoms with Gasteiger partial charge in [-0.3, -0.25) is 0 Å². The van der Waals surface area contributed by atoms with E-state index in [0.29, 0.717) is 18.9 Å². The number of alkyl halides is 3. The van der Waals surface area contributed by atoms with Gasteiger partial charge in [-0.2, -0.15) is 18.2 Å². The van der Waals surface area contributed by atoms with Gasteiger partial charge < -0.3 is 10.2 Å². The Morgan fingerprint density at radius 1 is 1.14 bits per heavy atom. The Morgan fingerprint density at radius 2 is 1.86 bits per heavy atom. The van der Waals surface area contributed by atoms with Gasteiger partial charge in [-0.15, -0.1) is 0 Å². The Labute approximate surface area is 123 Å². The first kappa shape index (κ1) is 17.5. The van der Waals surface area contributed by atoms with Crippen LogP contribution in [0.2, 0.25) is 0 Å². The minimum absolute atomic E-state index is 0.0315. The zero-order valence-corrected chi connectivity index (χ0v) is 12.8. The summed E-state index contributed by atoms with van der Waals surface area (Å²) in [6, 6.07) is 1.00. The smallest absolute Gasteiger partial charge is 0.360 e. The number of nitrogens with zero attached hydrogens (tertiary/aromatic N) is 3. The van der Waals surface area contributed by atoms with E-state index in [0.717, 1.165) is 31.7 Å². The van der Waals surface area contributed by atoms with Gasteiger partial charge in [0.15, 0.2) is 5.69 Å². The first-order chi connectivity index (χ1) is 9.88. The minimum Gasteiger partial charge on any atom is -0.360 e. The van der Waals surface area contributed by atoms with E-state index in [1.54, 1.807) is 11.9 Å². The Bertz CT molecular complexity index is 435. The van der Waals surface area contributed by atoms with Crippen LogP contribution >= 0.6 is 0 Å². The molecule has 0 aliphatic carbocycles. The molecule has 0 atom stereocenters. The molecule has 21 heavy (non-hydrogen) atoms. The Morgan fingerprint density at radius 3 is 2.43 bits per heavy atom. The van der Waals surface area contributed by atoms with Crippen LogP contribution in [-0.2, 0) is 6.18 Å². The Hall–Kier alpha value is -1.53. The highest BCUT2D eigenvalue weighted by Crippen LogP contribution is 2.30. The minimum atomic E-state index is -4.47. The van der Waals surface area contributed by atoms with Crippen LogP contribution in [0.15, 0.2) is 6.07 Å². The highest BCUT2D eigenvalue weighted by atomic mass is 19.4. The maximum absolute atomic E-state index is 12.9. The van der Waals surface area contributed by atoms with Gasteiger partial charge in [-0.1, -0.05) is 26.7 Å². The molecule has 0 spiro atoms. The van der Waals surface area contributed by atoms with Crippen LogP contribution in [0.5, 0.6) is 0 Å². The van der Waals surface area contributed by atoms with Crippen molar-refractivity contribution in [3.63, 3.8) is 0 Å². The van der Waals surface area contributed by atoms with Crippen molar-refractivity contribution in [1.82, 2.24) is 9.97 Å². The summed E-state index contributed by atoms with van der Waals surface area (Å²) in [6.07, 6.45) is -0.640. The van der Waals surface area contributed by atoms with Crippen molar-refractivity contribution in [1.29, 1.82) is 0 Å². The van der Waals surface area contributed by atoms with Gasteiger partial charge in [-0.25, -0.2) is 4.98 Å². The fourth-order valence-electron chi connectivity index (χ4n) is 1.80. The topological polar surface area (TPSA) is 41.1 Å². The molecule has 120 valence electrons. The van der Waals surface area contributed by atoms with Crippen LogP contribution < -0.4 is 10.2 Å². The van der Waals surface area contributed by atoms with E-state index in [9.17, 15) is 13.2 Å². The van der Waals surface area contributed by atoms with E-state index in [1.807, 2.05) is 6.92 Å². The fourth-order valence-corrected chi connectivity index (χ4v) is 1.80. The van der Waals surface area contributed by atoms with E-state index in [4.69, 9.17) is 0 Å². The molecule has 0 saturated heterocycles. The van der Waals surface area contributed by atoms with E-state index in [1.165, 1.54) is 0 Å². The average molecular weight is 304 g/mol. The molecule has 0 aliphatic rings. The standard InChI is InChI=1S/C14H23F3N4/c1-4-6-7-9-21(3)12-10-11(14(15,16)17)19-13(20-12)18-8-5-2/h10H,4-9H2,1-3H3,(H,18,19,20). The van der Waals surface area contributed by atoms with E-state index < -0.39 is 11.9 Å². The molecule has 0 unspecified atom stereocenters. The maximum Gasteiger partial charge on any atom is 0.433 e. The highest BCUT2D eigenvalue weighted by Gasteiger charge is 2.34. The second kappa shape index (κ2) is 8.05. The molecule has 0 bridgehead atoms. The van der Waals surface area contributed by atoms with Gasteiger partial charge in [0.1, 0.15) is 5.82 Å². The number of halogens is 3. The molecule has 0 radical (unpaired) electrons. The van der Waals surface area contributed by atoms with Crippen LogP contribution in [0.25, 0.3) is 0 Å². The van der Waals surface area contributed by atoms with Crippen LogP contribution in [0.4, 0.5) is 24.9 Å². The van der Waals surface area contributed by atoms with Crippen LogP contribution in [0, 0.1) is 0 Å².